The van der Waals surface area contributed by atoms with E-state index in [-0.39, 0.29) is 5.91 Å². The van der Waals surface area contributed by atoms with Crippen LogP contribution < -0.4 is 5.32 Å². The van der Waals surface area contributed by atoms with Crippen molar-refractivity contribution in [1.29, 1.82) is 0 Å². The third kappa shape index (κ3) is 18.9. The van der Waals surface area contributed by atoms with Crippen LogP contribution in [0.1, 0.15) is 20.8 Å². The molecule has 0 rings (SSSR count). The maximum atomic E-state index is 9.86. The first kappa shape index (κ1) is 10.2. The first-order valence-corrected chi connectivity index (χ1v) is 2.65. The van der Waals surface area contributed by atoms with Gasteiger partial charge in [-0.3, -0.25) is 4.79 Å². The molecule has 0 atom stereocenters. The van der Waals surface area contributed by atoms with Gasteiger partial charge in [-0.2, -0.15) is 0 Å². The number of carbonyl (C=O) groups is 1. The molecule has 0 aromatic carbocycles. The van der Waals surface area contributed by atoms with Crippen LogP contribution in [-0.2, 0) is 4.79 Å². The molecule has 0 aliphatic heterocycles. The Balaban J connectivity index is 0. The molecule has 2 heteroatoms. The Kier molecular flexibility index (Phi) is 12.2. The molecule has 0 aliphatic rings. The number of carbonyl (C=O) groups excluding carboxylic acids is 1. The van der Waals surface area contributed by atoms with Gasteiger partial charge in [0.1, 0.15) is 0 Å². The average molecular weight is 115 g/mol. The maximum absolute atomic E-state index is 9.86. The van der Waals surface area contributed by atoms with Gasteiger partial charge in [-0.15, -0.1) is 0 Å². The summed E-state index contributed by atoms with van der Waals surface area (Å²) in [5.74, 6) is -0.0787. The molecule has 1 N–H and O–H groups in total. The average Bonchev–Trinajstić information content (AvgIpc) is 1.72. The quantitative estimate of drug-likeness (QED) is 0.548. The predicted octanol–water partition coefficient (Wildman–Crippen LogP) is 1.29. The Morgan fingerprint density at radius 3 is 2.00 bits per heavy atom. The molecule has 0 radical (unpaired) electrons. The molecule has 1 amide bonds. The second kappa shape index (κ2) is 9.51. The molecule has 0 heterocycles. The van der Waals surface area contributed by atoms with E-state index in [0.29, 0.717) is 0 Å². The number of amides is 1. The highest BCUT2D eigenvalue weighted by molar-refractivity contribution is 5.73. The summed E-state index contributed by atoms with van der Waals surface area (Å²) in [5.41, 5.74) is 0. The molecule has 0 bridgehead atoms. The lowest BCUT2D eigenvalue weighted by Crippen LogP contribution is -2.10. The van der Waals surface area contributed by atoms with E-state index in [1.165, 1.54) is 13.1 Å². The second-order valence-electron chi connectivity index (χ2n) is 0.905. The van der Waals surface area contributed by atoms with Crippen LogP contribution in [0.4, 0.5) is 0 Å². The van der Waals surface area contributed by atoms with Crippen LogP contribution in [-0.4, -0.2) is 5.91 Å². The van der Waals surface area contributed by atoms with Crippen LogP contribution in [0.3, 0.4) is 0 Å². The van der Waals surface area contributed by atoms with Crippen molar-refractivity contribution in [2.45, 2.75) is 20.8 Å². The van der Waals surface area contributed by atoms with Crippen LogP contribution in [0, 0.1) is 0 Å². The van der Waals surface area contributed by atoms with Crippen LogP contribution in [0.5, 0.6) is 0 Å². The zero-order valence-electron chi connectivity index (χ0n) is 5.69. The minimum Gasteiger partial charge on any atom is -0.334 e. The summed E-state index contributed by atoms with van der Waals surface area (Å²) in [5, 5.41) is 2.33. The first-order chi connectivity index (χ1) is 3.77. The van der Waals surface area contributed by atoms with Gasteiger partial charge in [0.15, 0.2) is 0 Å². The highest BCUT2D eigenvalue weighted by atomic mass is 16.1. The normalized spacial score (nSPS) is 5.88. The molecule has 2 nitrogen and oxygen atoms in total. The predicted molar refractivity (Wildman–Crippen MR) is 35.4 cm³/mol. The molecule has 0 spiro atoms. The van der Waals surface area contributed by atoms with E-state index in [4.69, 9.17) is 0 Å². The minimum absolute atomic E-state index is 0.0787. The fraction of sp³-hybridized carbons (Fsp3) is 0.500. The van der Waals surface area contributed by atoms with Gasteiger partial charge >= 0.3 is 0 Å². The van der Waals surface area contributed by atoms with E-state index in [2.05, 4.69) is 11.9 Å². The summed E-state index contributed by atoms with van der Waals surface area (Å²) in [6.45, 7) is 8.70. The van der Waals surface area contributed by atoms with Crippen molar-refractivity contribution in [3.05, 3.63) is 12.8 Å². The molecule has 0 aromatic rings. The minimum atomic E-state index is -0.0787. The lowest BCUT2D eigenvalue weighted by Gasteiger charge is -1.83. The molecule has 0 unspecified atom stereocenters. The number of rotatable bonds is 1. The van der Waals surface area contributed by atoms with Gasteiger partial charge in [-0.25, -0.2) is 0 Å². The van der Waals surface area contributed by atoms with Crippen molar-refractivity contribution < 1.29 is 4.79 Å². The summed E-state index contributed by atoms with van der Waals surface area (Å²) in [7, 11) is 0. The SMILES string of the molecule is C=CNC(C)=O.CC. The fourth-order valence-electron chi connectivity index (χ4n) is 0.144. The van der Waals surface area contributed by atoms with Gasteiger partial charge < -0.3 is 5.32 Å². The molecule has 0 aromatic heterocycles. The highest BCUT2D eigenvalue weighted by Gasteiger charge is 1.75. The van der Waals surface area contributed by atoms with E-state index >= 15 is 0 Å². The van der Waals surface area contributed by atoms with E-state index in [9.17, 15) is 4.79 Å². The standard InChI is InChI=1S/C4H7NO.C2H6/c1-3-5-4(2)6;1-2/h3H,1H2,2H3,(H,5,6);1-2H3. The van der Waals surface area contributed by atoms with Crippen molar-refractivity contribution in [1.82, 2.24) is 5.32 Å². The molecule has 0 fully saturated rings. The van der Waals surface area contributed by atoms with Crippen LogP contribution in [0.25, 0.3) is 0 Å². The second-order valence-corrected chi connectivity index (χ2v) is 0.905. The first-order valence-electron chi connectivity index (χ1n) is 2.65. The Bertz CT molecular complexity index is 68.9. The van der Waals surface area contributed by atoms with Crippen LogP contribution in [0.15, 0.2) is 12.8 Å². The summed E-state index contributed by atoms with van der Waals surface area (Å²) in [6, 6.07) is 0. The van der Waals surface area contributed by atoms with Crippen LogP contribution in [0.2, 0.25) is 0 Å². The largest absolute Gasteiger partial charge is 0.334 e. The third-order valence-corrected chi connectivity index (χ3v) is 0.305. The van der Waals surface area contributed by atoms with Gasteiger partial charge in [0.05, 0.1) is 0 Å². The van der Waals surface area contributed by atoms with Crippen molar-refractivity contribution >= 4 is 5.91 Å². The molecule has 0 saturated carbocycles. The highest BCUT2D eigenvalue weighted by Crippen LogP contribution is 1.54. The van der Waals surface area contributed by atoms with Crippen molar-refractivity contribution in [2.24, 2.45) is 0 Å². The topological polar surface area (TPSA) is 29.1 Å². The van der Waals surface area contributed by atoms with Crippen molar-refractivity contribution in [3.8, 4) is 0 Å². The zero-order chi connectivity index (χ0) is 6.99. The smallest absolute Gasteiger partial charge is 0.220 e. The summed E-state index contributed by atoms with van der Waals surface area (Å²) in [6.07, 6.45) is 1.35. The molecule has 8 heavy (non-hydrogen) atoms. The summed E-state index contributed by atoms with van der Waals surface area (Å²) in [4.78, 5) is 9.86. The molecule has 0 aliphatic carbocycles. The van der Waals surface area contributed by atoms with Gasteiger partial charge in [0, 0.05) is 6.92 Å². The van der Waals surface area contributed by atoms with Gasteiger partial charge in [0.2, 0.25) is 5.91 Å². The van der Waals surface area contributed by atoms with E-state index < -0.39 is 0 Å². The third-order valence-electron chi connectivity index (χ3n) is 0.305. The number of nitrogens with one attached hydrogen (secondary N) is 1. The van der Waals surface area contributed by atoms with E-state index in [1.807, 2.05) is 13.8 Å². The molecular weight excluding hydrogens is 102 g/mol. The molecule has 48 valence electrons. The molecular formula is C6H13NO. The van der Waals surface area contributed by atoms with Crippen molar-refractivity contribution in [2.75, 3.05) is 0 Å². The zero-order valence-corrected chi connectivity index (χ0v) is 5.69. The monoisotopic (exact) mass is 115 g/mol. The Morgan fingerprint density at radius 1 is 1.62 bits per heavy atom. The summed E-state index contributed by atoms with van der Waals surface area (Å²) >= 11 is 0. The number of hydrogen-bond donors (Lipinski definition) is 1. The van der Waals surface area contributed by atoms with Gasteiger partial charge in [0.25, 0.3) is 0 Å². The van der Waals surface area contributed by atoms with Crippen LogP contribution >= 0.6 is 0 Å². The Hall–Kier alpha value is -0.790. The summed E-state index contributed by atoms with van der Waals surface area (Å²) < 4.78 is 0. The Labute approximate surface area is 50.6 Å². The number of hydrogen-bond acceptors (Lipinski definition) is 1. The van der Waals surface area contributed by atoms with Gasteiger partial charge in [-0.05, 0) is 6.20 Å². The lowest BCUT2D eigenvalue weighted by molar-refractivity contribution is -0.118. The maximum Gasteiger partial charge on any atom is 0.220 e. The van der Waals surface area contributed by atoms with Crippen molar-refractivity contribution in [3.63, 3.8) is 0 Å². The lowest BCUT2D eigenvalue weighted by atomic mass is 10.7. The molecule has 0 saturated heterocycles. The van der Waals surface area contributed by atoms with Gasteiger partial charge in [-0.1, -0.05) is 20.4 Å². The van der Waals surface area contributed by atoms with E-state index in [1.54, 1.807) is 0 Å². The fourth-order valence-corrected chi connectivity index (χ4v) is 0.144. The Morgan fingerprint density at radius 2 is 2.00 bits per heavy atom. The van der Waals surface area contributed by atoms with E-state index in [0.717, 1.165) is 0 Å².